The first-order valence-corrected chi connectivity index (χ1v) is 8.52. The van der Waals surface area contributed by atoms with Crippen LogP contribution in [0.5, 0.6) is 5.75 Å². The summed E-state index contributed by atoms with van der Waals surface area (Å²) in [6, 6.07) is 6.89. The number of ether oxygens (including phenoxy) is 1. The fourth-order valence-corrected chi connectivity index (χ4v) is 3.09. The summed E-state index contributed by atoms with van der Waals surface area (Å²) in [5, 5.41) is 3.47. The van der Waals surface area contributed by atoms with Crippen LogP contribution in [0.4, 0.5) is 0 Å². The molecule has 0 aromatic heterocycles. The third-order valence-electron chi connectivity index (χ3n) is 4.83. The number of piperidine rings is 1. The van der Waals surface area contributed by atoms with Gasteiger partial charge in [0.1, 0.15) is 5.75 Å². The van der Waals surface area contributed by atoms with E-state index in [9.17, 15) is 0 Å². The molecule has 0 amide bonds. The number of hydrogen-bond donors (Lipinski definition) is 1. The maximum atomic E-state index is 6.16. The standard InChI is InChI=1S/C19H29NO/c1-19(2,3)16-6-7-18(21-13-14-4-5-14)17(12-16)15-8-10-20-11-9-15/h6-7,12,14-15,20H,4-5,8-11,13H2,1-3H3. The average molecular weight is 287 g/mol. The lowest BCUT2D eigenvalue weighted by Crippen LogP contribution is -2.27. The first kappa shape index (κ1) is 14.9. The molecule has 0 bridgehead atoms. The van der Waals surface area contributed by atoms with Crippen LogP contribution in [0.2, 0.25) is 0 Å². The van der Waals surface area contributed by atoms with Crippen molar-refractivity contribution < 1.29 is 4.74 Å². The Bertz CT molecular complexity index is 479. The third-order valence-corrected chi connectivity index (χ3v) is 4.83. The fourth-order valence-electron chi connectivity index (χ4n) is 3.09. The van der Waals surface area contributed by atoms with Crippen LogP contribution < -0.4 is 10.1 Å². The molecule has 0 unspecified atom stereocenters. The highest BCUT2D eigenvalue weighted by Gasteiger charge is 2.25. The van der Waals surface area contributed by atoms with Gasteiger partial charge < -0.3 is 10.1 Å². The smallest absolute Gasteiger partial charge is 0.122 e. The lowest BCUT2D eigenvalue weighted by Gasteiger charge is -2.28. The molecule has 1 N–H and O–H groups in total. The first-order chi connectivity index (χ1) is 10.0. The summed E-state index contributed by atoms with van der Waals surface area (Å²) in [6.45, 7) is 10.0. The molecule has 0 atom stereocenters. The lowest BCUT2D eigenvalue weighted by molar-refractivity contribution is 0.292. The Hall–Kier alpha value is -1.02. The second-order valence-corrected chi connectivity index (χ2v) is 7.78. The van der Waals surface area contributed by atoms with Crippen LogP contribution in [0.25, 0.3) is 0 Å². The molecule has 116 valence electrons. The average Bonchev–Trinajstić information content (AvgIpc) is 3.29. The largest absolute Gasteiger partial charge is 0.493 e. The summed E-state index contributed by atoms with van der Waals surface area (Å²) in [4.78, 5) is 0. The van der Waals surface area contributed by atoms with E-state index in [1.165, 1.54) is 36.8 Å². The minimum atomic E-state index is 0.205. The molecule has 0 radical (unpaired) electrons. The van der Waals surface area contributed by atoms with E-state index in [4.69, 9.17) is 4.74 Å². The molecule has 1 heterocycles. The molecule has 1 aromatic rings. The second kappa shape index (κ2) is 6.00. The highest BCUT2D eigenvalue weighted by molar-refractivity contribution is 5.42. The molecule has 2 heteroatoms. The summed E-state index contributed by atoms with van der Waals surface area (Å²) >= 11 is 0. The van der Waals surface area contributed by atoms with Gasteiger partial charge in [-0.05, 0) is 73.2 Å². The molecule has 1 saturated carbocycles. The van der Waals surface area contributed by atoms with Gasteiger partial charge in [0.05, 0.1) is 6.61 Å². The van der Waals surface area contributed by atoms with Crippen LogP contribution >= 0.6 is 0 Å². The Morgan fingerprint density at radius 3 is 2.43 bits per heavy atom. The molecule has 1 aliphatic carbocycles. The van der Waals surface area contributed by atoms with Crippen molar-refractivity contribution in [2.45, 2.75) is 57.8 Å². The zero-order valence-corrected chi connectivity index (χ0v) is 13.7. The van der Waals surface area contributed by atoms with Crippen molar-refractivity contribution in [3.8, 4) is 5.75 Å². The van der Waals surface area contributed by atoms with Crippen molar-refractivity contribution in [1.82, 2.24) is 5.32 Å². The molecule has 3 rings (SSSR count). The van der Waals surface area contributed by atoms with Crippen molar-refractivity contribution in [1.29, 1.82) is 0 Å². The minimum absolute atomic E-state index is 0.205. The van der Waals surface area contributed by atoms with Crippen LogP contribution in [0.3, 0.4) is 0 Å². The second-order valence-electron chi connectivity index (χ2n) is 7.78. The Balaban J connectivity index is 1.85. The van der Waals surface area contributed by atoms with E-state index in [0.29, 0.717) is 5.92 Å². The van der Waals surface area contributed by atoms with Gasteiger partial charge in [0.25, 0.3) is 0 Å². The third kappa shape index (κ3) is 3.79. The summed E-state index contributed by atoms with van der Waals surface area (Å²) in [6.07, 6.45) is 5.16. The molecule has 0 spiro atoms. The van der Waals surface area contributed by atoms with E-state index >= 15 is 0 Å². The van der Waals surface area contributed by atoms with Gasteiger partial charge in [-0.25, -0.2) is 0 Å². The van der Waals surface area contributed by atoms with Crippen molar-refractivity contribution in [2.75, 3.05) is 19.7 Å². The van der Waals surface area contributed by atoms with E-state index in [0.717, 1.165) is 31.4 Å². The van der Waals surface area contributed by atoms with Gasteiger partial charge in [-0.3, -0.25) is 0 Å². The molecule has 2 aliphatic rings. The van der Waals surface area contributed by atoms with Gasteiger partial charge in [-0.1, -0.05) is 32.9 Å². The van der Waals surface area contributed by atoms with Gasteiger partial charge >= 0.3 is 0 Å². The van der Waals surface area contributed by atoms with E-state index in [1.807, 2.05) is 0 Å². The summed E-state index contributed by atoms with van der Waals surface area (Å²) in [5.74, 6) is 2.61. The quantitative estimate of drug-likeness (QED) is 0.894. The molecule has 1 aliphatic heterocycles. The lowest BCUT2D eigenvalue weighted by atomic mass is 9.82. The van der Waals surface area contributed by atoms with Gasteiger partial charge in [-0.2, -0.15) is 0 Å². The summed E-state index contributed by atoms with van der Waals surface area (Å²) in [5.41, 5.74) is 3.08. The molecular weight excluding hydrogens is 258 g/mol. The zero-order valence-electron chi connectivity index (χ0n) is 13.7. The molecule has 21 heavy (non-hydrogen) atoms. The van der Waals surface area contributed by atoms with E-state index in [-0.39, 0.29) is 5.41 Å². The maximum Gasteiger partial charge on any atom is 0.122 e. The van der Waals surface area contributed by atoms with Gasteiger partial charge in [0.2, 0.25) is 0 Å². The van der Waals surface area contributed by atoms with Crippen molar-refractivity contribution in [2.24, 2.45) is 5.92 Å². The molecule has 2 fully saturated rings. The van der Waals surface area contributed by atoms with Crippen LogP contribution in [-0.4, -0.2) is 19.7 Å². The number of hydrogen-bond acceptors (Lipinski definition) is 2. The van der Waals surface area contributed by atoms with E-state index < -0.39 is 0 Å². The van der Waals surface area contributed by atoms with Crippen molar-refractivity contribution >= 4 is 0 Å². The predicted molar refractivity (Wildman–Crippen MR) is 88.2 cm³/mol. The van der Waals surface area contributed by atoms with E-state index in [1.54, 1.807) is 0 Å². The van der Waals surface area contributed by atoms with Gasteiger partial charge in [-0.15, -0.1) is 0 Å². The molecule has 2 nitrogen and oxygen atoms in total. The number of nitrogens with one attached hydrogen (secondary N) is 1. The Morgan fingerprint density at radius 1 is 1.10 bits per heavy atom. The maximum absolute atomic E-state index is 6.16. The monoisotopic (exact) mass is 287 g/mol. The fraction of sp³-hybridized carbons (Fsp3) is 0.684. The highest BCUT2D eigenvalue weighted by atomic mass is 16.5. The van der Waals surface area contributed by atoms with Gasteiger partial charge in [0.15, 0.2) is 0 Å². The highest BCUT2D eigenvalue weighted by Crippen LogP contribution is 2.37. The minimum Gasteiger partial charge on any atom is -0.493 e. The Morgan fingerprint density at radius 2 is 1.81 bits per heavy atom. The number of rotatable bonds is 4. The Kier molecular flexibility index (Phi) is 4.26. The van der Waals surface area contributed by atoms with Crippen LogP contribution in [0, 0.1) is 5.92 Å². The normalized spacial score (nSPS) is 20.5. The molecular formula is C19H29NO. The van der Waals surface area contributed by atoms with Crippen molar-refractivity contribution in [3.05, 3.63) is 29.3 Å². The summed E-state index contributed by atoms with van der Waals surface area (Å²) in [7, 11) is 0. The van der Waals surface area contributed by atoms with Crippen LogP contribution in [0.1, 0.15) is 63.5 Å². The molecule has 1 aromatic carbocycles. The molecule has 1 saturated heterocycles. The SMILES string of the molecule is CC(C)(C)c1ccc(OCC2CC2)c(C2CCNCC2)c1. The topological polar surface area (TPSA) is 21.3 Å². The zero-order chi connectivity index (χ0) is 14.9. The predicted octanol–water partition coefficient (Wildman–Crippen LogP) is 4.24. The van der Waals surface area contributed by atoms with Crippen LogP contribution in [-0.2, 0) is 5.41 Å². The van der Waals surface area contributed by atoms with Gasteiger partial charge in [0, 0.05) is 0 Å². The number of benzene rings is 1. The Labute approximate surface area is 129 Å². The van der Waals surface area contributed by atoms with Crippen molar-refractivity contribution in [3.63, 3.8) is 0 Å². The first-order valence-electron chi connectivity index (χ1n) is 8.52. The van der Waals surface area contributed by atoms with E-state index in [2.05, 4.69) is 44.3 Å². The summed E-state index contributed by atoms with van der Waals surface area (Å²) < 4.78 is 6.16. The van der Waals surface area contributed by atoms with Crippen LogP contribution in [0.15, 0.2) is 18.2 Å².